The number of allylic oxidation sites excluding steroid dienone is 2. The number of fused-ring (bicyclic) bond motifs is 5. The second-order valence-corrected chi connectivity index (χ2v) is 12.6. The van der Waals surface area contributed by atoms with Crippen molar-refractivity contribution in [3.8, 4) is 0 Å². The molecule has 32 heavy (non-hydrogen) atoms. The summed E-state index contributed by atoms with van der Waals surface area (Å²) in [5.41, 5.74) is 2.81. The molecule has 0 aliphatic heterocycles. The molecule has 4 aliphatic carbocycles. The van der Waals surface area contributed by atoms with Crippen molar-refractivity contribution in [2.45, 2.75) is 105 Å². The molecule has 4 saturated carbocycles. The molecule has 1 amide bonds. The zero-order chi connectivity index (χ0) is 23.1. The van der Waals surface area contributed by atoms with E-state index in [1.54, 1.807) is 0 Å². The van der Waals surface area contributed by atoms with Gasteiger partial charge in [-0.25, -0.2) is 0 Å². The van der Waals surface area contributed by atoms with E-state index in [9.17, 15) is 4.79 Å². The van der Waals surface area contributed by atoms with Gasteiger partial charge in [0.25, 0.3) is 0 Å². The van der Waals surface area contributed by atoms with Crippen LogP contribution in [0, 0.1) is 46.3 Å². The lowest BCUT2D eigenvalue weighted by atomic mass is 9.47. The Hall–Kier alpha value is -1.05. The highest BCUT2D eigenvalue weighted by molar-refractivity contribution is 5.93. The minimum absolute atomic E-state index is 0.0896. The molecular formula is C30H49NO. The maximum Gasteiger partial charge on any atom is 0.246 e. The maximum atomic E-state index is 12.6. The fourth-order valence-electron chi connectivity index (χ4n) is 9.19. The van der Waals surface area contributed by atoms with Crippen LogP contribution in [-0.4, -0.2) is 12.5 Å². The molecule has 1 N–H and O–H groups in total. The van der Waals surface area contributed by atoms with Crippen molar-refractivity contribution >= 4 is 5.91 Å². The fourth-order valence-corrected chi connectivity index (χ4v) is 9.19. The summed E-state index contributed by atoms with van der Waals surface area (Å²) in [5, 5.41) is 3.28. The summed E-state index contributed by atoms with van der Waals surface area (Å²) in [7, 11) is 0. The molecule has 4 aliphatic rings. The molecule has 4 fully saturated rings. The summed E-state index contributed by atoms with van der Waals surface area (Å²) in [6.45, 7) is 16.1. The van der Waals surface area contributed by atoms with E-state index in [4.69, 9.17) is 0 Å². The normalized spacial score (nSPS) is 40.7. The first-order valence-corrected chi connectivity index (χ1v) is 13.8. The van der Waals surface area contributed by atoms with E-state index in [-0.39, 0.29) is 5.91 Å². The highest BCUT2D eigenvalue weighted by Crippen LogP contribution is 2.65. The molecule has 2 nitrogen and oxygen atoms in total. The molecule has 7 atom stereocenters. The molecule has 0 aromatic heterocycles. The summed E-state index contributed by atoms with van der Waals surface area (Å²) in [4.78, 5) is 12.6. The predicted octanol–water partition coefficient (Wildman–Crippen LogP) is 7.70. The van der Waals surface area contributed by atoms with E-state index in [1.807, 2.05) is 19.9 Å². The van der Waals surface area contributed by atoms with Gasteiger partial charge in [-0.1, -0.05) is 51.8 Å². The number of carbonyl (C=O) groups is 1. The average molecular weight is 440 g/mol. The molecule has 0 spiro atoms. The van der Waals surface area contributed by atoms with Crippen LogP contribution >= 0.6 is 0 Å². The molecule has 0 heterocycles. The largest absolute Gasteiger partial charge is 0.352 e. The van der Waals surface area contributed by atoms with Crippen LogP contribution < -0.4 is 5.32 Å². The summed E-state index contributed by atoms with van der Waals surface area (Å²) in [5.74, 6) is 5.59. The smallest absolute Gasteiger partial charge is 0.246 e. The van der Waals surface area contributed by atoms with Crippen molar-refractivity contribution in [1.82, 2.24) is 5.32 Å². The Kier molecular flexibility index (Phi) is 7.00. The van der Waals surface area contributed by atoms with Gasteiger partial charge >= 0.3 is 0 Å². The summed E-state index contributed by atoms with van der Waals surface area (Å²) >= 11 is 0. The van der Waals surface area contributed by atoms with Gasteiger partial charge in [0.05, 0.1) is 0 Å². The average Bonchev–Trinajstić information content (AvgIpc) is 3.12. The Morgan fingerprint density at radius 3 is 2.38 bits per heavy atom. The molecule has 0 aromatic carbocycles. The van der Waals surface area contributed by atoms with Gasteiger partial charge in [0.2, 0.25) is 5.91 Å². The third kappa shape index (κ3) is 4.25. The van der Waals surface area contributed by atoms with Gasteiger partial charge in [0.15, 0.2) is 0 Å². The van der Waals surface area contributed by atoms with Gasteiger partial charge in [-0.2, -0.15) is 0 Å². The number of rotatable bonds is 6. The van der Waals surface area contributed by atoms with E-state index in [0.717, 1.165) is 47.3 Å². The topological polar surface area (TPSA) is 29.1 Å². The van der Waals surface area contributed by atoms with Crippen molar-refractivity contribution in [2.24, 2.45) is 46.3 Å². The monoisotopic (exact) mass is 439 g/mol. The Morgan fingerprint density at radius 1 is 0.969 bits per heavy atom. The summed E-state index contributed by atoms with van der Waals surface area (Å²) < 4.78 is 0. The molecule has 7 unspecified atom stereocenters. The van der Waals surface area contributed by atoms with Crippen molar-refractivity contribution in [3.05, 3.63) is 23.8 Å². The van der Waals surface area contributed by atoms with E-state index >= 15 is 0 Å². The van der Waals surface area contributed by atoms with Crippen molar-refractivity contribution in [1.29, 1.82) is 0 Å². The van der Waals surface area contributed by atoms with Gasteiger partial charge in [0, 0.05) is 12.1 Å². The summed E-state index contributed by atoms with van der Waals surface area (Å²) in [6, 6.07) is 0. The highest BCUT2D eigenvalue weighted by Gasteiger charge is 2.57. The Morgan fingerprint density at radius 2 is 1.69 bits per heavy atom. The number of hydrogen-bond acceptors (Lipinski definition) is 1. The third-order valence-electron chi connectivity index (χ3n) is 11.2. The lowest BCUT2D eigenvalue weighted by molar-refractivity contribution is -0.118. The lowest BCUT2D eigenvalue weighted by Crippen LogP contribution is -2.50. The van der Waals surface area contributed by atoms with E-state index < -0.39 is 0 Å². The van der Waals surface area contributed by atoms with Crippen LogP contribution in [0.4, 0.5) is 0 Å². The zero-order valence-corrected chi connectivity index (χ0v) is 21.6. The van der Waals surface area contributed by atoms with Crippen molar-refractivity contribution in [3.63, 3.8) is 0 Å². The van der Waals surface area contributed by atoms with Gasteiger partial charge in [-0.15, -0.1) is 0 Å². The number of carbonyl (C=O) groups excluding carboxylic acids is 1. The highest BCUT2D eigenvalue weighted by atomic mass is 16.1. The second kappa shape index (κ2) is 9.30. The van der Waals surface area contributed by atoms with Crippen LogP contribution in [0.15, 0.2) is 23.8 Å². The first-order valence-electron chi connectivity index (χ1n) is 13.8. The fraction of sp³-hybridized carbons (Fsp3) is 0.833. The number of nitrogens with one attached hydrogen (secondary N) is 1. The molecule has 2 heteroatoms. The summed E-state index contributed by atoms with van der Waals surface area (Å²) in [6.07, 6.45) is 17.7. The Bertz CT molecular complexity index is 746. The first kappa shape index (κ1) is 24.1. The quantitative estimate of drug-likeness (QED) is 0.333. The zero-order valence-electron chi connectivity index (χ0n) is 21.6. The van der Waals surface area contributed by atoms with Crippen LogP contribution in [-0.2, 0) is 4.79 Å². The minimum Gasteiger partial charge on any atom is -0.352 e. The standard InChI is InChI=1S/C30H49NO/c1-7-30(8-2)16-14-24-22(18-30)9-11-26-25(24)13-15-29(6)23(10-12-27(26)29)19-31-28(32)21(5)17-20(3)4/h17,22-27H,3,7-16,18-19H2,1-2,4-6H3,(H,31,32)/b21-17+. The molecule has 4 rings (SSSR count). The lowest BCUT2D eigenvalue weighted by Gasteiger charge is -2.58. The van der Waals surface area contributed by atoms with Gasteiger partial charge in [0.1, 0.15) is 0 Å². The van der Waals surface area contributed by atoms with Gasteiger partial charge in [-0.3, -0.25) is 4.79 Å². The molecule has 0 aromatic rings. The van der Waals surface area contributed by atoms with Crippen LogP contribution in [0.3, 0.4) is 0 Å². The molecule has 0 radical (unpaired) electrons. The Balaban J connectivity index is 1.40. The number of hydrogen-bond donors (Lipinski definition) is 1. The van der Waals surface area contributed by atoms with Crippen molar-refractivity contribution in [2.75, 3.05) is 6.54 Å². The molecule has 0 saturated heterocycles. The molecular weight excluding hydrogens is 390 g/mol. The van der Waals surface area contributed by atoms with Crippen LogP contribution in [0.25, 0.3) is 0 Å². The SMILES string of the molecule is C=C(C)/C=C(\C)C(=O)NCC1CCC2C3CCC4CC(CC)(CC)CCC4C3CCC12C. The Labute approximate surface area is 198 Å². The predicted molar refractivity (Wildman–Crippen MR) is 135 cm³/mol. The molecule has 0 bridgehead atoms. The van der Waals surface area contributed by atoms with Crippen LogP contribution in [0.5, 0.6) is 0 Å². The second-order valence-electron chi connectivity index (χ2n) is 12.6. The van der Waals surface area contributed by atoms with E-state index in [2.05, 4.69) is 32.7 Å². The van der Waals surface area contributed by atoms with Crippen LogP contribution in [0.2, 0.25) is 0 Å². The minimum atomic E-state index is 0.0896. The third-order valence-corrected chi connectivity index (χ3v) is 11.2. The first-order chi connectivity index (χ1) is 15.2. The molecule has 180 valence electrons. The van der Waals surface area contributed by atoms with Gasteiger partial charge < -0.3 is 5.32 Å². The van der Waals surface area contributed by atoms with Gasteiger partial charge in [-0.05, 0) is 118 Å². The number of amides is 1. The van der Waals surface area contributed by atoms with E-state index in [1.165, 1.54) is 70.6 Å². The maximum absolute atomic E-state index is 12.6. The van der Waals surface area contributed by atoms with Crippen LogP contribution in [0.1, 0.15) is 105 Å². The van der Waals surface area contributed by atoms with E-state index in [0.29, 0.717) is 16.7 Å². The van der Waals surface area contributed by atoms with Crippen molar-refractivity contribution < 1.29 is 4.79 Å².